The number of alkyl halides is 3. The van der Waals surface area contributed by atoms with E-state index in [-0.39, 0.29) is 17.9 Å². The molecule has 1 N–H and O–H groups in total. The Morgan fingerprint density at radius 2 is 2.00 bits per heavy atom. The van der Waals surface area contributed by atoms with E-state index in [1.165, 1.54) is 19.0 Å². The van der Waals surface area contributed by atoms with Gasteiger partial charge in [0, 0.05) is 25.3 Å². The largest absolute Gasteiger partial charge is 0.419 e. The first kappa shape index (κ1) is 24.5. The second kappa shape index (κ2) is 8.65. The van der Waals surface area contributed by atoms with Gasteiger partial charge in [-0.15, -0.1) is 0 Å². The molecular formula is C21H25F4N5O3. The average molecular weight is 471 g/mol. The third-order valence-corrected chi connectivity index (χ3v) is 5.14. The molecule has 0 saturated heterocycles. The van der Waals surface area contributed by atoms with Gasteiger partial charge in [-0.25, -0.2) is 14.2 Å². The van der Waals surface area contributed by atoms with Crippen LogP contribution < -0.4 is 5.32 Å². The number of hydrogen-bond acceptors (Lipinski definition) is 4. The molecule has 180 valence electrons. The number of rotatable bonds is 4. The van der Waals surface area contributed by atoms with Crippen LogP contribution in [-0.4, -0.2) is 51.4 Å². The van der Waals surface area contributed by atoms with Crippen LogP contribution in [0.5, 0.6) is 0 Å². The maximum Gasteiger partial charge on any atom is 0.419 e. The zero-order chi connectivity index (χ0) is 24.7. The monoisotopic (exact) mass is 471 g/mol. The van der Waals surface area contributed by atoms with E-state index in [4.69, 9.17) is 4.84 Å². The SMILES string of the molecule is CCc1nn2c(c1CN(C)C(=O)Nc1ccc(F)c(C(F)(F)F)c1)C(=O)N(C)OC(C)(C)C2. The quantitative estimate of drug-likeness (QED) is 0.682. The maximum atomic E-state index is 13.5. The molecule has 0 atom stereocenters. The lowest BCUT2D eigenvalue weighted by atomic mass is 10.1. The van der Waals surface area contributed by atoms with Crippen molar-refractivity contribution in [2.45, 2.75) is 52.1 Å². The second-order valence-electron chi connectivity index (χ2n) is 8.42. The Balaban J connectivity index is 1.86. The third kappa shape index (κ3) is 5.10. The maximum absolute atomic E-state index is 13.5. The molecule has 3 rings (SSSR count). The highest BCUT2D eigenvalue weighted by Crippen LogP contribution is 2.33. The predicted molar refractivity (Wildman–Crippen MR) is 111 cm³/mol. The highest BCUT2D eigenvalue weighted by Gasteiger charge is 2.37. The summed E-state index contributed by atoms with van der Waals surface area (Å²) in [5.41, 5.74) is -0.980. The molecule has 1 aromatic heterocycles. The van der Waals surface area contributed by atoms with Crippen LogP contribution in [0.1, 0.15) is 48.1 Å². The molecule has 0 saturated carbocycles. The second-order valence-corrected chi connectivity index (χ2v) is 8.42. The zero-order valence-electron chi connectivity index (χ0n) is 18.9. The van der Waals surface area contributed by atoms with Crippen molar-refractivity contribution in [1.29, 1.82) is 0 Å². The number of halogens is 4. The van der Waals surface area contributed by atoms with Gasteiger partial charge in [-0.05, 0) is 38.5 Å². The first-order valence-corrected chi connectivity index (χ1v) is 10.2. The molecule has 8 nitrogen and oxygen atoms in total. The number of aromatic nitrogens is 2. The van der Waals surface area contributed by atoms with Gasteiger partial charge in [-0.2, -0.15) is 18.3 Å². The third-order valence-electron chi connectivity index (χ3n) is 5.14. The Bertz CT molecular complexity index is 1080. The molecule has 0 aliphatic carbocycles. The minimum atomic E-state index is -4.90. The molecule has 1 aliphatic rings. The molecule has 2 aromatic rings. The topological polar surface area (TPSA) is 79.7 Å². The van der Waals surface area contributed by atoms with Crippen molar-refractivity contribution in [2.75, 3.05) is 19.4 Å². The number of benzene rings is 1. The fourth-order valence-electron chi connectivity index (χ4n) is 3.65. The van der Waals surface area contributed by atoms with E-state index in [1.54, 1.807) is 4.68 Å². The highest BCUT2D eigenvalue weighted by molar-refractivity contribution is 5.94. The molecule has 12 heteroatoms. The van der Waals surface area contributed by atoms with Crippen LogP contribution in [0.4, 0.5) is 28.0 Å². The van der Waals surface area contributed by atoms with Crippen molar-refractivity contribution in [1.82, 2.24) is 19.7 Å². The molecule has 1 aromatic carbocycles. The molecule has 0 spiro atoms. The lowest BCUT2D eigenvalue weighted by Gasteiger charge is -2.26. The van der Waals surface area contributed by atoms with E-state index < -0.39 is 35.1 Å². The van der Waals surface area contributed by atoms with E-state index in [9.17, 15) is 27.2 Å². The van der Waals surface area contributed by atoms with Gasteiger partial charge in [0.25, 0.3) is 5.91 Å². The number of amides is 3. The lowest BCUT2D eigenvalue weighted by Crippen LogP contribution is -2.36. The van der Waals surface area contributed by atoms with Gasteiger partial charge in [-0.3, -0.25) is 14.3 Å². The van der Waals surface area contributed by atoms with Gasteiger partial charge >= 0.3 is 12.2 Å². The number of carbonyl (C=O) groups is 2. The van der Waals surface area contributed by atoms with Crippen LogP contribution in [0.2, 0.25) is 0 Å². The van der Waals surface area contributed by atoms with Crippen molar-refractivity contribution in [3.8, 4) is 0 Å². The first-order chi connectivity index (χ1) is 15.2. The summed E-state index contributed by atoms with van der Waals surface area (Å²) in [4.78, 5) is 32.5. The molecule has 1 aliphatic heterocycles. The fraction of sp³-hybridized carbons (Fsp3) is 0.476. The molecule has 2 heterocycles. The van der Waals surface area contributed by atoms with Gasteiger partial charge < -0.3 is 10.2 Å². The van der Waals surface area contributed by atoms with Crippen LogP contribution in [0.25, 0.3) is 0 Å². The van der Waals surface area contributed by atoms with Gasteiger partial charge in [0.15, 0.2) is 0 Å². The first-order valence-electron chi connectivity index (χ1n) is 10.2. The normalized spacial score (nSPS) is 15.8. The lowest BCUT2D eigenvalue weighted by molar-refractivity contribution is -0.190. The van der Waals surface area contributed by atoms with Crippen molar-refractivity contribution in [3.63, 3.8) is 0 Å². The van der Waals surface area contributed by atoms with E-state index >= 15 is 0 Å². The number of hydroxylamine groups is 2. The number of carbonyl (C=O) groups excluding carboxylic acids is 2. The van der Waals surface area contributed by atoms with Gasteiger partial charge in [0.05, 0.1) is 24.3 Å². The fourth-order valence-corrected chi connectivity index (χ4v) is 3.65. The van der Waals surface area contributed by atoms with Crippen LogP contribution in [-0.2, 0) is 30.5 Å². The molecule has 33 heavy (non-hydrogen) atoms. The Hall–Kier alpha value is -3.15. The van der Waals surface area contributed by atoms with E-state index in [0.717, 1.165) is 11.1 Å². The predicted octanol–water partition coefficient (Wildman–Crippen LogP) is 4.06. The minimum absolute atomic E-state index is 0.0301. The summed E-state index contributed by atoms with van der Waals surface area (Å²) in [6, 6.07) is 1.48. The van der Waals surface area contributed by atoms with Crippen molar-refractivity contribution < 1.29 is 32.0 Å². The van der Waals surface area contributed by atoms with Crippen molar-refractivity contribution in [3.05, 3.63) is 46.5 Å². The van der Waals surface area contributed by atoms with Crippen LogP contribution in [0.15, 0.2) is 18.2 Å². The zero-order valence-corrected chi connectivity index (χ0v) is 18.9. The van der Waals surface area contributed by atoms with Crippen LogP contribution in [0, 0.1) is 5.82 Å². The Kier molecular flexibility index (Phi) is 6.42. The summed E-state index contributed by atoms with van der Waals surface area (Å²) >= 11 is 0. The molecule has 0 fully saturated rings. The Labute approximate surface area is 188 Å². The van der Waals surface area contributed by atoms with E-state index in [2.05, 4.69) is 10.4 Å². The number of nitrogens with one attached hydrogen (secondary N) is 1. The Morgan fingerprint density at radius 3 is 2.61 bits per heavy atom. The summed E-state index contributed by atoms with van der Waals surface area (Å²) in [7, 11) is 2.92. The van der Waals surface area contributed by atoms with Crippen molar-refractivity contribution in [2.24, 2.45) is 0 Å². The summed E-state index contributed by atoms with van der Waals surface area (Å²) in [6.45, 7) is 5.76. The number of nitrogens with zero attached hydrogens (tertiary/aromatic N) is 4. The minimum Gasteiger partial charge on any atom is -0.323 e. The smallest absolute Gasteiger partial charge is 0.323 e. The molecule has 0 bridgehead atoms. The summed E-state index contributed by atoms with van der Waals surface area (Å²) in [5.74, 6) is -1.86. The number of aryl methyl sites for hydroxylation is 1. The Morgan fingerprint density at radius 1 is 1.33 bits per heavy atom. The average Bonchev–Trinajstić information content (AvgIpc) is 2.99. The molecule has 0 radical (unpaired) electrons. The van der Waals surface area contributed by atoms with Crippen LogP contribution in [0.3, 0.4) is 0 Å². The van der Waals surface area contributed by atoms with Gasteiger partial charge in [0.2, 0.25) is 0 Å². The number of hydrogen-bond donors (Lipinski definition) is 1. The number of anilines is 1. The number of urea groups is 1. The number of fused-ring (bicyclic) bond motifs is 1. The van der Waals surface area contributed by atoms with Crippen molar-refractivity contribution >= 4 is 17.6 Å². The molecule has 3 amide bonds. The highest BCUT2D eigenvalue weighted by atomic mass is 19.4. The van der Waals surface area contributed by atoms with Gasteiger partial charge in [0.1, 0.15) is 17.1 Å². The summed E-state index contributed by atoms with van der Waals surface area (Å²) in [6.07, 6.45) is -4.40. The van der Waals surface area contributed by atoms with Gasteiger partial charge in [-0.1, -0.05) is 6.92 Å². The van der Waals surface area contributed by atoms with E-state index in [1.807, 2.05) is 20.8 Å². The van der Waals surface area contributed by atoms with E-state index in [0.29, 0.717) is 36.4 Å². The molecule has 0 unspecified atom stereocenters. The van der Waals surface area contributed by atoms with Crippen LogP contribution >= 0.6 is 0 Å². The summed E-state index contributed by atoms with van der Waals surface area (Å²) < 4.78 is 53.9. The molecular weight excluding hydrogens is 446 g/mol. The standard InChI is InChI=1S/C21H25F4N5O3/c1-6-16-13(17-18(31)29(5)33-20(2,3)11-30(17)27-16)10-28(4)19(32)26-12-7-8-15(22)14(9-12)21(23,24)25/h7-9H,6,10-11H2,1-5H3,(H,26,32). The summed E-state index contributed by atoms with van der Waals surface area (Å²) in [5, 5.41) is 7.97.